The van der Waals surface area contributed by atoms with Crippen molar-refractivity contribution >= 4 is 6.09 Å². The average Bonchev–Trinajstić information content (AvgIpc) is 2.29. The Morgan fingerprint density at radius 2 is 1.68 bits per heavy atom. The fourth-order valence-corrected chi connectivity index (χ4v) is 1.35. The van der Waals surface area contributed by atoms with Crippen molar-refractivity contribution in [3.05, 3.63) is 22.8 Å². The fourth-order valence-electron chi connectivity index (χ4n) is 1.35. The molecule has 0 bridgehead atoms. The van der Waals surface area contributed by atoms with Crippen molar-refractivity contribution in [1.29, 1.82) is 0 Å². The number of ether oxygens (including phenoxy) is 1. The van der Waals surface area contributed by atoms with Gasteiger partial charge in [0.2, 0.25) is 13.1 Å². The van der Waals surface area contributed by atoms with Crippen LogP contribution in [0.4, 0.5) is 4.79 Å². The molecule has 0 aromatic rings. The van der Waals surface area contributed by atoms with Gasteiger partial charge in [0.1, 0.15) is 5.60 Å². The molecule has 0 saturated heterocycles. The molecule has 0 atom stereocenters. The first-order valence-corrected chi connectivity index (χ1v) is 6.24. The van der Waals surface area contributed by atoms with Crippen LogP contribution in [-0.2, 0) is 4.74 Å². The van der Waals surface area contributed by atoms with Gasteiger partial charge in [-0.25, -0.2) is 17.9 Å². The Labute approximate surface area is 115 Å². The maximum Gasteiger partial charge on any atom is 0.407 e. The van der Waals surface area contributed by atoms with Crippen LogP contribution >= 0.6 is 0 Å². The van der Waals surface area contributed by atoms with Crippen LogP contribution < -0.4 is 5.32 Å². The zero-order valence-corrected chi connectivity index (χ0v) is 11.9. The van der Waals surface area contributed by atoms with E-state index in [0.29, 0.717) is 39.3 Å². The van der Waals surface area contributed by atoms with Crippen molar-refractivity contribution in [2.45, 2.75) is 26.4 Å². The molecule has 0 aliphatic heterocycles. The van der Waals surface area contributed by atoms with Gasteiger partial charge in [0.15, 0.2) is 0 Å². The molecule has 0 aliphatic carbocycles. The van der Waals surface area contributed by atoms with Crippen LogP contribution in [0.2, 0.25) is 0 Å². The first kappa shape index (κ1) is 17.2. The molecule has 0 saturated carbocycles. The minimum absolute atomic E-state index is 0.407. The highest BCUT2D eigenvalue weighted by molar-refractivity contribution is 5.67. The van der Waals surface area contributed by atoms with Crippen molar-refractivity contribution in [1.82, 2.24) is 10.2 Å². The Morgan fingerprint density at radius 3 is 2.11 bits per heavy atom. The Balaban J connectivity index is 3.94. The average molecular weight is 266 g/mol. The zero-order valence-electron chi connectivity index (χ0n) is 11.9. The van der Waals surface area contributed by atoms with E-state index < -0.39 is 11.7 Å². The van der Waals surface area contributed by atoms with E-state index in [9.17, 15) is 4.79 Å². The van der Waals surface area contributed by atoms with Crippen LogP contribution in [0.5, 0.6) is 0 Å². The Kier molecular flexibility index (Phi) is 8.32. The predicted molar refractivity (Wildman–Crippen MR) is 73.6 cm³/mol. The molecule has 1 N–H and O–H groups in total. The van der Waals surface area contributed by atoms with Gasteiger partial charge in [0.25, 0.3) is 0 Å². The van der Waals surface area contributed by atoms with Crippen LogP contribution in [0, 0.1) is 13.1 Å². The van der Waals surface area contributed by atoms with Crippen LogP contribution in [0.25, 0.3) is 9.69 Å². The first-order valence-electron chi connectivity index (χ1n) is 6.24. The molecule has 0 radical (unpaired) electrons. The van der Waals surface area contributed by atoms with Crippen molar-refractivity contribution in [2.75, 3.05) is 39.3 Å². The Hall–Kier alpha value is -1.79. The lowest BCUT2D eigenvalue weighted by molar-refractivity contribution is 0.0522. The smallest absolute Gasteiger partial charge is 0.407 e. The van der Waals surface area contributed by atoms with Gasteiger partial charge < -0.3 is 19.7 Å². The summed E-state index contributed by atoms with van der Waals surface area (Å²) in [7, 11) is 0. The summed E-state index contributed by atoms with van der Waals surface area (Å²) in [6, 6.07) is 0. The number of hydrogen-bond donors (Lipinski definition) is 1. The lowest BCUT2D eigenvalue weighted by Crippen LogP contribution is -2.39. The van der Waals surface area contributed by atoms with Gasteiger partial charge in [0, 0.05) is 13.1 Å². The molecule has 0 aromatic carbocycles. The molecule has 106 valence electrons. The third kappa shape index (κ3) is 11.1. The number of carbonyl (C=O) groups excluding carboxylic acids is 1. The van der Waals surface area contributed by atoms with E-state index in [1.54, 1.807) is 0 Å². The highest BCUT2D eigenvalue weighted by atomic mass is 16.6. The summed E-state index contributed by atoms with van der Waals surface area (Å²) in [5.41, 5.74) is -0.502. The van der Waals surface area contributed by atoms with Gasteiger partial charge in [-0.3, -0.25) is 4.90 Å². The number of rotatable bonds is 7. The molecule has 0 rings (SSSR count). The number of hydrogen-bond acceptors (Lipinski definition) is 3. The van der Waals surface area contributed by atoms with Crippen LogP contribution in [0.15, 0.2) is 0 Å². The molecular formula is C13H22N4O2. The second-order valence-electron chi connectivity index (χ2n) is 5.03. The number of nitrogens with one attached hydrogen (secondary N) is 1. The van der Waals surface area contributed by atoms with E-state index in [0.717, 1.165) is 0 Å². The third-order valence-corrected chi connectivity index (χ3v) is 2.15. The lowest BCUT2D eigenvalue weighted by atomic mass is 10.2. The minimum atomic E-state index is -0.502. The second kappa shape index (κ2) is 9.18. The van der Waals surface area contributed by atoms with Crippen molar-refractivity contribution in [3.8, 4) is 0 Å². The first-order chi connectivity index (χ1) is 8.89. The summed E-state index contributed by atoms with van der Waals surface area (Å²) in [4.78, 5) is 20.0. The summed E-state index contributed by atoms with van der Waals surface area (Å²) in [5.74, 6) is 0. The topological polar surface area (TPSA) is 50.3 Å². The quantitative estimate of drug-likeness (QED) is 0.713. The number of amides is 1. The summed E-state index contributed by atoms with van der Waals surface area (Å²) >= 11 is 0. The zero-order chi connectivity index (χ0) is 14.7. The Morgan fingerprint density at radius 1 is 1.16 bits per heavy atom. The third-order valence-electron chi connectivity index (χ3n) is 2.15. The van der Waals surface area contributed by atoms with Gasteiger partial charge >= 0.3 is 6.09 Å². The van der Waals surface area contributed by atoms with Crippen molar-refractivity contribution < 1.29 is 9.53 Å². The number of alkyl carbamates (subject to hydrolysis) is 1. The van der Waals surface area contributed by atoms with Gasteiger partial charge in [0.05, 0.1) is 13.1 Å². The van der Waals surface area contributed by atoms with E-state index >= 15 is 0 Å². The summed E-state index contributed by atoms with van der Waals surface area (Å²) in [6.45, 7) is 22.1. The largest absolute Gasteiger partial charge is 0.444 e. The second-order valence-corrected chi connectivity index (χ2v) is 5.03. The molecule has 0 fully saturated rings. The van der Waals surface area contributed by atoms with E-state index in [1.807, 2.05) is 25.7 Å². The molecule has 6 nitrogen and oxygen atoms in total. The molecule has 0 spiro atoms. The molecule has 6 heteroatoms. The molecule has 0 unspecified atom stereocenters. The molecular weight excluding hydrogens is 244 g/mol. The van der Waals surface area contributed by atoms with Gasteiger partial charge in [-0.05, 0) is 20.8 Å². The molecule has 0 aliphatic rings. The van der Waals surface area contributed by atoms with Crippen molar-refractivity contribution in [3.63, 3.8) is 0 Å². The lowest BCUT2D eigenvalue weighted by Gasteiger charge is -2.21. The van der Waals surface area contributed by atoms with Gasteiger partial charge in [-0.1, -0.05) is 0 Å². The Bertz CT molecular complexity index is 331. The fraction of sp³-hybridized carbons (Fsp3) is 0.769. The number of nitrogens with zero attached hydrogens (tertiary/aromatic N) is 3. The predicted octanol–water partition coefficient (Wildman–Crippen LogP) is 1.65. The monoisotopic (exact) mass is 266 g/mol. The standard InChI is InChI=1S/C13H22N4O2/c1-13(2,3)19-12(18)16-8-11-17(9-6-14-4)10-7-15-5/h6-11H2,1-3H3,(H,16,18). The SMILES string of the molecule is [C-]#[N+]CCN(CC[N+]#[C-])CCNC(=O)OC(C)(C)C. The molecule has 0 heterocycles. The van der Waals surface area contributed by atoms with Gasteiger partial charge in [-0.15, -0.1) is 0 Å². The van der Waals surface area contributed by atoms with Crippen LogP contribution in [-0.4, -0.2) is 55.9 Å². The maximum atomic E-state index is 11.4. The van der Waals surface area contributed by atoms with Gasteiger partial charge in [-0.2, -0.15) is 0 Å². The maximum absolute atomic E-state index is 11.4. The highest BCUT2D eigenvalue weighted by Crippen LogP contribution is 2.06. The van der Waals surface area contributed by atoms with E-state index in [-0.39, 0.29) is 0 Å². The molecule has 1 amide bonds. The van der Waals surface area contributed by atoms with E-state index in [4.69, 9.17) is 17.9 Å². The highest BCUT2D eigenvalue weighted by Gasteiger charge is 2.16. The van der Waals surface area contributed by atoms with Crippen molar-refractivity contribution in [2.24, 2.45) is 0 Å². The number of carbonyl (C=O) groups is 1. The normalized spacial score (nSPS) is 10.6. The summed E-state index contributed by atoms with van der Waals surface area (Å²) < 4.78 is 5.12. The molecule has 19 heavy (non-hydrogen) atoms. The molecule has 0 aromatic heterocycles. The van der Waals surface area contributed by atoms with E-state index in [2.05, 4.69) is 15.0 Å². The summed E-state index contributed by atoms with van der Waals surface area (Å²) in [6.07, 6.45) is -0.442. The van der Waals surface area contributed by atoms with Crippen LogP contribution in [0.3, 0.4) is 0 Å². The van der Waals surface area contributed by atoms with Crippen LogP contribution in [0.1, 0.15) is 20.8 Å². The van der Waals surface area contributed by atoms with E-state index in [1.165, 1.54) is 0 Å². The minimum Gasteiger partial charge on any atom is -0.444 e. The summed E-state index contributed by atoms with van der Waals surface area (Å²) in [5, 5.41) is 2.66.